The van der Waals surface area contributed by atoms with E-state index in [-0.39, 0.29) is 10.6 Å². The van der Waals surface area contributed by atoms with Crippen LogP contribution in [0.25, 0.3) is 0 Å². The number of hydrogen-bond acceptors (Lipinski definition) is 4. The van der Waals surface area contributed by atoms with Crippen LogP contribution >= 0.6 is 0 Å². The van der Waals surface area contributed by atoms with E-state index in [1.54, 1.807) is 25.4 Å². The molecule has 0 amide bonds. The summed E-state index contributed by atoms with van der Waals surface area (Å²) in [6.07, 6.45) is 3.02. The zero-order valence-corrected chi connectivity index (χ0v) is 11.8. The number of nitrogen functional groups attached to an aromatic ring is 1. The Morgan fingerprint density at radius 2 is 1.89 bits per heavy atom. The Morgan fingerprint density at radius 1 is 1.26 bits per heavy atom. The Balaban J connectivity index is 2.42. The maximum atomic E-state index is 12.3. The first-order chi connectivity index (χ1) is 8.79. The van der Waals surface area contributed by atoms with Gasteiger partial charge in [0.25, 0.3) is 10.0 Å². The molecule has 0 spiro atoms. The lowest BCUT2D eigenvalue weighted by Crippen LogP contribution is -2.15. The predicted molar refractivity (Wildman–Crippen MR) is 74.3 cm³/mol. The summed E-state index contributed by atoms with van der Waals surface area (Å²) in [5.41, 5.74) is 8.27. The second-order valence-corrected chi connectivity index (χ2v) is 6.13. The number of nitrogens with two attached hydrogens (primary N) is 1. The summed E-state index contributed by atoms with van der Waals surface area (Å²) in [5, 5.41) is 3.91. The standard InChI is InChI=1S/C12H16N4O2S/c1-8-4-11(13)12(5-9(8)2)19(17,18)15-10-6-14-16(3)7-10/h4-7,15H,13H2,1-3H3. The Morgan fingerprint density at radius 3 is 2.47 bits per heavy atom. The Labute approximate surface area is 112 Å². The van der Waals surface area contributed by atoms with Crippen LogP contribution in [0.4, 0.5) is 11.4 Å². The van der Waals surface area contributed by atoms with Gasteiger partial charge in [0.15, 0.2) is 0 Å². The van der Waals surface area contributed by atoms with Gasteiger partial charge in [-0.3, -0.25) is 9.40 Å². The highest BCUT2D eigenvalue weighted by molar-refractivity contribution is 7.92. The molecule has 0 aliphatic carbocycles. The van der Waals surface area contributed by atoms with Crippen molar-refractivity contribution in [1.29, 1.82) is 0 Å². The number of benzene rings is 1. The second-order valence-electron chi connectivity index (χ2n) is 4.48. The second kappa shape index (κ2) is 4.58. The lowest BCUT2D eigenvalue weighted by molar-refractivity contribution is 0.601. The van der Waals surface area contributed by atoms with Crippen LogP contribution in [-0.2, 0) is 17.1 Å². The summed E-state index contributed by atoms with van der Waals surface area (Å²) >= 11 is 0. The van der Waals surface area contributed by atoms with Gasteiger partial charge in [0.1, 0.15) is 4.90 Å². The van der Waals surface area contributed by atoms with Crippen LogP contribution in [0.3, 0.4) is 0 Å². The van der Waals surface area contributed by atoms with E-state index in [1.807, 2.05) is 13.8 Å². The van der Waals surface area contributed by atoms with E-state index < -0.39 is 10.0 Å². The van der Waals surface area contributed by atoms with Gasteiger partial charge < -0.3 is 5.73 Å². The summed E-state index contributed by atoms with van der Waals surface area (Å²) < 4.78 is 28.5. The first-order valence-corrected chi connectivity index (χ1v) is 7.16. The van der Waals surface area contributed by atoms with E-state index in [4.69, 9.17) is 5.73 Å². The van der Waals surface area contributed by atoms with Gasteiger partial charge in [0, 0.05) is 13.2 Å². The molecule has 0 fully saturated rings. The van der Waals surface area contributed by atoms with Crippen LogP contribution in [0.1, 0.15) is 11.1 Å². The number of nitrogens with one attached hydrogen (secondary N) is 1. The predicted octanol–water partition coefficient (Wildman–Crippen LogP) is 1.42. The van der Waals surface area contributed by atoms with Gasteiger partial charge in [-0.15, -0.1) is 0 Å². The molecule has 1 aromatic carbocycles. The van der Waals surface area contributed by atoms with Crippen molar-refractivity contribution in [3.8, 4) is 0 Å². The maximum Gasteiger partial charge on any atom is 0.264 e. The summed E-state index contributed by atoms with van der Waals surface area (Å²) in [6, 6.07) is 3.23. The fourth-order valence-corrected chi connectivity index (χ4v) is 2.96. The van der Waals surface area contributed by atoms with Crippen LogP contribution in [0.5, 0.6) is 0 Å². The SMILES string of the molecule is Cc1cc(N)c(S(=O)(=O)Nc2cnn(C)c2)cc1C. The van der Waals surface area contributed by atoms with Crippen molar-refractivity contribution in [2.45, 2.75) is 18.7 Å². The molecule has 0 aliphatic heterocycles. The minimum absolute atomic E-state index is 0.0828. The molecule has 0 bridgehead atoms. The van der Waals surface area contributed by atoms with E-state index in [9.17, 15) is 8.42 Å². The lowest BCUT2D eigenvalue weighted by Gasteiger charge is -2.11. The van der Waals surface area contributed by atoms with Crippen molar-refractivity contribution in [2.75, 3.05) is 10.5 Å². The molecule has 1 heterocycles. The molecule has 102 valence electrons. The number of sulfonamides is 1. The van der Waals surface area contributed by atoms with Gasteiger partial charge in [0.2, 0.25) is 0 Å². The van der Waals surface area contributed by atoms with Gasteiger partial charge in [-0.1, -0.05) is 0 Å². The van der Waals surface area contributed by atoms with Crippen LogP contribution in [0, 0.1) is 13.8 Å². The monoisotopic (exact) mass is 280 g/mol. The molecule has 0 saturated heterocycles. The molecule has 0 saturated carbocycles. The number of hydrogen-bond donors (Lipinski definition) is 2. The summed E-state index contributed by atoms with van der Waals surface area (Å²) in [6.45, 7) is 3.73. The van der Waals surface area contributed by atoms with Gasteiger partial charge in [0.05, 0.1) is 17.6 Å². The smallest absolute Gasteiger partial charge is 0.264 e. The number of rotatable bonds is 3. The van der Waals surface area contributed by atoms with Gasteiger partial charge in [-0.2, -0.15) is 5.10 Å². The molecule has 0 aliphatic rings. The minimum Gasteiger partial charge on any atom is -0.398 e. The Bertz CT molecular complexity index is 719. The number of anilines is 2. The van der Waals surface area contributed by atoms with E-state index in [2.05, 4.69) is 9.82 Å². The molecule has 2 aromatic rings. The molecule has 1 aromatic heterocycles. The maximum absolute atomic E-state index is 12.3. The third-order valence-electron chi connectivity index (χ3n) is 2.87. The molecule has 3 N–H and O–H groups in total. The zero-order chi connectivity index (χ0) is 14.2. The first-order valence-electron chi connectivity index (χ1n) is 5.68. The van der Waals surface area contributed by atoms with Crippen LogP contribution < -0.4 is 10.5 Å². The van der Waals surface area contributed by atoms with Crippen molar-refractivity contribution >= 4 is 21.4 Å². The van der Waals surface area contributed by atoms with Crippen molar-refractivity contribution in [2.24, 2.45) is 7.05 Å². The largest absolute Gasteiger partial charge is 0.398 e. The average molecular weight is 280 g/mol. The molecule has 2 rings (SSSR count). The molecule has 19 heavy (non-hydrogen) atoms. The third kappa shape index (κ3) is 2.70. The molecular formula is C12H16N4O2S. The van der Waals surface area contributed by atoms with Crippen LogP contribution in [-0.4, -0.2) is 18.2 Å². The van der Waals surface area contributed by atoms with Crippen molar-refractivity contribution in [3.63, 3.8) is 0 Å². The van der Waals surface area contributed by atoms with Crippen molar-refractivity contribution in [3.05, 3.63) is 35.7 Å². The van der Waals surface area contributed by atoms with Crippen molar-refractivity contribution in [1.82, 2.24) is 9.78 Å². The molecule has 7 heteroatoms. The van der Waals surface area contributed by atoms with E-state index in [1.165, 1.54) is 10.9 Å². The van der Waals surface area contributed by atoms with Gasteiger partial charge in [-0.25, -0.2) is 8.42 Å². The van der Waals surface area contributed by atoms with Crippen LogP contribution in [0.15, 0.2) is 29.4 Å². The van der Waals surface area contributed by atoms with Gasteiger partial charge in [-0.05, 0) is 37.1 Å². The fraction of sp³-hybridized carbons (Fsp3) is 0.250. The number of aryl methyl sites for hydroxylation is 3. The molecular weight excluding hydrogens is 264 g/mol. The molecule has 0 unspecified atom stereocenters. The Hall–Kier alpha value is -2.02. The van der Waals surface area contributed by atoms with Crippen LogP contribution in [0.2, 0.25) is 0 Å². The van der Waals surface area contributed by atoms with E-state index in [0.717, 1.165) is 11.1 Å². The van der Waals surface area contributed by atoms with E-state index >= 15 is 0 Å². The van der Waals surface area contributed by atoms with E-state index in [0.29, 0.717) is 5.69 Å². The van der Waals surface area contributed by atoms with Gasteiger partial charge >= 0.3 is 0 Å². The average Bonchev–Trinajstić information content (AvgIpc) is 2.68. The third-order valence-corrected chi connectivity index (χ3v) is 4.31. The number of nitrogens with zero attached hydrogens (tertiary/aromatic N) is 2. The number of aromatic nitrogens is 2. The highest BCUT2D eigenvalue weighted by Crippen LogP contribution is 2.24. The summed E-state index contributed by atoms with van der Waals surface area (Å²) in [5.74, 6) is 0. The fourth-order valence-electron chi connectivity index (χ4n) is 1.73. The summed E-state index contributed by atoms with van der Waals surface area (Å²) in [4.78, 5) is 0.0828. The molecule has 0 atom stereocenters. The van der Waals surface area contributed by atoms with Crippen molar-refractivity contribution < 1.29 is 8.42 Å². The quantitative estimate of drug-likeness (QED) is 0.832. The Kier molecular flexibility index (Phi) is 3.23. The lowest BCUT2D eigenvalue weighted by atomic mass is 10.1. The summed E-state index contributed by atoms with van der Waals surface area (Å²) in [7, 11) is -1.99. The molecule has 6 nitrogen and oxygen atoms in total. The zero-order valence-electron chi connectivity index (χ0n) is 11.0. The first kappa shape index (κ1) is 13.4. The normalized spacial score (nSPS) is 11.5. The minimum atomic E-state index is -3.70. The topological polar surface area (TPSA) is 90.0 Å². The highest BCUT2D eigenvalue weighted by Gasteiger charge is 2.19. The molecule has 0 radical (unpaired) electrons. The highest BCUT2D eigenvalue weighted by atomic mass is 32.2.